The smallest absolute Gasteiger partial charge is 0.0931 e. The zero-order chi connectivity index (χ0) is 16.1. The van der Waals surface area contributed by atoms with E-state index in [-0.39, 0.29) is 0 Å². The molecule has 0 radical (unpaired) electrons. The Kier molecular flexibility index (Phi) is 6.74. The van der Waals surface area contributed by atoms with Gasteiger partial charge in [-0.2, -0.15) is 0 Å². The Morgan fingerprint density at radius 1 is 1.26 bits per heavy atom. The highest BCUT2D eigenvalue weighted by Gasteiger charge is 2.33. The minimum atomic E-state index is 0.298. The topological polar surface area (TPSA) is 35.9 Å². The fourth-order valence-corrected chi connectivity index (χ4v) is 5.05. The summed E-state index contributed by atoms with van der Waals surface area (Å²) in [6, 6.07) is 4.78. The van der Waals surface area contributed by atoms with Crippen molar-refractivity contribution in [1.82, 2.24) is 9.80 Å². The van der Waals surface area contributed by atoms with E-state index in [0.29, 0.717) is 18.6 Å². The maximum Gasteiger partial charge on any atom is 0.0931 e. The van der Waals surface area contributed by atoms with Gasteiger partial charge >= 0.3 is 0 Å². The largest absolute Gasteiger partial charge is 0.396 e. The molecule has 2 saturated heterocycles. The van der Waals surface area contributed by atoms with E-state index in [1.54, 1.807) is 11.3 Å². The lowest BCUT2D eigenvalue weighted by Gasteiger charge is -2.45. The van der Waals surface area contributed by atoms with Crippen molar-refractivity contribution in [3.63, 3.8) is 0 Å². The highest BCUT2D eigenvalue weighted by atomic mass is 35.5. The molecule has 1 aromatic heterocycles. The van der Waals surface area contributed by atoms with Gasteiger partial charge in [-0.1, -0.05) is 11.6 Å². The molecule has 2 fully saturated rings. The summed E-state index contributed by atoms with van der Waals surface area (Å²) >= 11 is 7.74. The van der Waals surface area contributed by atoms with Crippen LogP contribution in [0.15, 0.2) is 12.1 Å². The number of halogens is 1. The first kappa shape index (κ1) is 17.6. The Bertz CT molecular complexity index is 479. The second-order valence-corrected chi connectivity index (χ2v) is 8.37. The number of rotatable bonds is 6. The summed E-state index contributed by atoms with van der Waals surface area (Å²) < 4.78 is 6.38. The number of nitrogens with zero attached hydrogens (tertiary/aromatic N) is 2. The molecule has 2 aliphatic heterocycles. The molecule has 3 rings (SSSR count). The molecule has 6 heteroatoms. The molecule has 0 bridgehead atoms. The maximum absolute atomic E-state index is 9.24. The van der Waals surface area contributed by atoms with Gasteiger partial charge in [-0.05, 0) is 37.3 Å². The van der Waals surface area contributed by atoms with Crippen molar-refractivity contribution >= 4 is 22.9 Å². The number of piperidine rings is 1. The minimum absolute atomic E-state index is 0.298. The van der Waals surface area contributed by atoms with Gasteiger partial charge in [-0.25, -0.2) is 0 Å². The zero-order valence-corrected chi connectivity index (χ0v) is 15.2. The molecule has 130 valence electrons. The molecule has 0 amide bonds. The van der Waals surface area contributed by atoms with Crippen molar-refractivity contribution < 1.29 is 9.84 Å². The molecule has 1 aromatic rings. The second kappa shape index (κ2) is 8.79. The first-order chi connectivity index (χ1) is 11.3. The van der Waals surface area contributed by atoms with Gasteiger partial charge < -0.3 is 9.84 Å². The van der Waals surface area contributed by atoms with Gasteiger partial charge in [-0.3, -0.25) is 9.80 Å². The van der Waals surface area contributed by atoms with Crippen LogP contribution < -0.4 is 0 Å². The summed E-state index contributed by atoms with van der Waals surface area (Å²) in [5.74, 6) is 0.643. The summed E-state index contributed by atoms with van der Waals surface area (Å²) in [7, 11) is 0. The average molecular weight is 359 g/mol. The van der Waals surface area contributed by atoms with Crippen molar-refractivity contribution in [3.8, 4) is 0 Å². The molecule has 0 spiro atoms. The number of thiophene rings is 1. The van der Waals surface area contributed by atoms with E-state index in [9.17, 15) is 5.11 Å². The summed E-state index contributed by atoms with van der Waals surface area (Å²) in [6.45, 7) is 7.41. The van der Waals surface area contributed by atoms with Crippen LogP contribution in [0.3, 0.4) is 0 Å². The fraction of sp³-hybridized carbons (Fsp3) is 0.765. The molecule has 23 heavy (non-hydrogen) atoms. The third-order valence-corrected chi connectivity index (χ3v) is 6.25. The fourth-order valence-electron chi connectivity index (χ4n) is 3.92. The molecule has 0 unspecified atom stereocenters. The van der Waals surface area contributed by atoms with Gasteiger partial charge in [0.1, 0.15) is 0 Å². The Labute approximate surface area is 148 Å². The van der Waals surface area contributed by atoms with Gasteiger partial charge in [0, 0.05) is 50.2 Å². The number of hydrogen-bond donors (Lipinski definition) is 1. The van der Waals surface area contributed by atoms with E-state index in [4.69, 9.17) is 16.3 Å². The highest BCUT2D eigenvalue weighted by Crippen LogP contribution is 2.29. The second-order valence-electron chi connectivity index (χ2n) is 6.57. The SMILES string of the molecule is OCCC[C@@H]1CN(Cc2ccc(Cl)s2)CC[C@@H]1N1CCOCC1. The quantitative estimate of drug-likeness (QED) is 0.848. The lowest BCUT2D eigenvalue weighted by atomic mass is 9.87. The Morgan fingerprint density at radius 2 is 2.09 bits per heavy atom. The molecule has 0 aliphatic carbocycles. The van der Waals surface area contributed by atoms with E-state index in [1.165, 1.54) is 11.3 Å². The number of aliphatic hydroxyl groups is 1. The van der Waals surface area contributed by atoms with E-state index in [2.05, 4.69) is 15.9 Å². The maximum atomic E-state index is 9.24. The summed E-state index contributed by atoms with van der Waals surface area (Å²) in [5, 5.41) is 9.24. The summed E-state index contributed by atoms with van der Waals surface area (Å²) in [4.78, 5) is 6.52. The van der Waals surface area contributed by atoms with Crippen molar-refractivity contribution in [2.75, 3.05) is 46.0 Å². The lowest BCUT2D eigenvalue weighted by Crippen LogP contribution is -2.53. The minimum Gasteiger partial charge on any atom is -0.396 e. The standard InChI is InChI=1S/C17H27ClN2O2S/c18-17-4-3-15(23-17)13-19-6-5-16(14(12-19)2-1-9-21)20-7-10-22-11-8-20/h3-4,14,16,21H,1-2,5-13H2/t14-,16+/m1/s1. The predicted octanol–water partition coefficient (Wildman–Crippen LogP) is 2.70. The molecule has 0 aromatic carbocycles. The lowest BCUT2D eigenvalue weighted by molar-refractivity contribution is -0.0230. The van der Waals surface area contributed by atoms with Crippen LogP contribution in [0.25, 0.3) is 0 Å². The normalized spacial score (nSPS) is 27.4. The van der Waals surface area contributed by atoms with Crippen LogP contribution >= 0.6 is 22.9 Å². The molecular weight excluding hydrogens is 332 g/mol. The molecule has 2 atom stereocenters. The number of ether oxygens (including phenoxy) is 1. The van der Waals surface area contributed by atoms with Gasteiger partial charge in [0.25, 0.3) is 0 Å². The van der Waals surface area contributed by atoms with Crippen molar-refractivity contribution in [3.05, 3.63) is 21.3 Å². The van der Waals surface area contributed by atoms with Crippen LogP contribution in [-0.2, 0) is 11.3 Å². The number of likely N-dealkylation sites (tertiary alicyclic amines) is 1. The van der Waals surface area contributed by atoms with Crippen LogP contribution in [-0.4, -0.2) is 66.9 Å². The Morgan fingerprint density at radius 3 is 2.78 bits per heavy atom. The Balaban J connectivity index is 1.60. The van der Waals surface area contributed by atoms with Crippen molar-refractivity contribution in [1.29, 1.82) is 0 Å². The third-order valence-electron chi connectivity index (χ3n) is 5.03. The summed E-state index contributed by atoms with van der Waals surface area (Å²) in [6.07, 6.45) is 3.24. The predicted molar refractivity (Wildman–Crippen MR) is 95.2 cm³/mol. The zero-order valence-electron chi connectivity index (χ0n) is 13.6. The van der Waals surface area contributed by atoms with E-state index in [0.717, 1.165) is 63.1 Å². The number of hydrogen-bond acceptors (Lipinski definition) is 5. The van der Waals surface area contributed by atoms with Gasteiger partial charge in [0.05, 0.1) is 17.6 Å². The van der Waals surface area contributed by atoms with Crippen LogP contribution in [0.2, 0.25) is 4.34 Å². The van der Waals surface area contributed by atoms with E-state index in [1.807, 2.05) is 6.07 Å². The van der Waals surface area contributed by atoms with Crippen LogP contribution in [0.1, 0.15) is 24.1 Å². The average Bonchev–Trinajstić information content (AvgIpc) is 2.99. The molecule has 3 heterocycles. The van der Waals surface area contributed by atoms with Crippen LogP contribution in [0.5, 0.6) is 0 Å². The van der Waals surface area contributed by atoms with E-state index < -0.39 is 0 Å². The van der Waals surface area contributed by atoms with Gasteiger partial charge in [0.2, 0.25) is 0 Å². The molecule has 2 aliphatic rings. The first-order valence-electron chi connectivity index (χ1n) is 8.65. The molecule has 1 N–H and O–H groups in total. The van der Waals surface area contributed by atoms with E-state index >= 15 is 0 Å². The van der Waals surface area contributed by atoms with Crippen molar-refractivity contribution in [2.24, 2.45) is 5.92 Å². The summed E-state index contributed by atoms with van der Waals surface area (Å²) in [5.41, 5.74) is 0. The number of aliphatic hydroxyl groups excluding tert-OH is 1. The first-order valence-corrected chi connectivity index (χ1v) is 9.85. The van der Waals surface area contributed by atoms with Crippen LogP contribution in [0, 0.1) is 5.92 Å². The number of morpholine rings is 1. The van der Waals surface area contributed by atoms with Gasteiger partial charge in [0.15, 0.2) is 0 Å². The highest BCUT2D eigenvalue weighted by molar-refractivity contribution is 7.16. The monoisotopic (exact) mass is 358 g/mol. The molecule has 0 saturated carbocycles. The van der Waals surface area contributed by atoms with Crippen molar-refractivity contribution in [2.45, 2.75) is 31.8 Å². The molecule has 4 nitrogen and oxygen atoms in total. The third kappa shape index (κ3) is 4.91. The Hall–Kier alpha value is -0.170. The molecular formula is C17H27ClN2O2S. The van der Waals surface area contributed by atoms with Crippen LogP contribution in [0.4, 0.5) is 0 Å². The van der Waals surface area contributed by atoms with Gasteiger partial charge in [-0.15, -0.1) is 11.3 Å².